The molecule has 0 aromatic heterocycles. The van der Waals surface area contributed by atoms with E-state index >= 15 is 0 Å². The predicted molar refractivity (Wildman–Crippen MR) is 97.0 cm³/mol. The molecule has 0 fully saturated rings. The SMILES string of the molecule is COc1ccc(NC(C)=O)cc1S(=O)(=O)Nc1cc(C)ccc1Br. The number of hydrogen-bond acceptors (Lipinski definition) is 4. The average molecular weight is 413 g/mol. The minimum absolute atomic E-state index is 0.0651. The van der Waals surface area contributed by atoms with E-state index < -0.39 is 10.0 Å². The molecule has 2 aromatic carbocycles. The fraction of sp³-hybridized carbons (Fsp3) is 0.188. The number of aryl methyl sites for hydroxylation is 1. The summed E-state index contributed by atoms with van der Waals surface area (Å²) in [5.41, 5.74) is 1.70. The summed E-state index contributed by atoms with van der Waals surface area (Å²) in [5.74, 6) is -0.113. The summed E-state index contributed by atoms with van der Waals surface area (Å²) in [6.07, 6.45) is 0. The summed E-state index contributed by atoms with van der Waals surface area (Å²) < 4.78 is 33.8. The number of ether oxygens (including phenoxy) is 1. The highest BCUT2D eigenvalue weighted by molar-refractivity contribution is 9.10. The van der Waals surface area contributed by atoms with Crippen molar-refractivity contribution in [3.05, 3.63) is 46.4 Å². The molecule has 0 unspecified atom stereocenters. The minimum atomic E-state index is -3.91. The number of amides is 1. The monoisotopic (exact) mass is 412 g/mol. The van der Waals surface area contributed by atoms with E-state index in [0.717, 1.165) is 5.56 Å². The molecule has 8 heteroatoms. The molecule has 0 spiro atoms. The number of rotatable bonds is 5. The van der Waals surface area contributed by atoms with Gasteiger partial charge in [0.15, 0.2) is 0 Å². The number of halogens is 1. The molecule has 0 heterocycles. The van der Waals surface area contributed by atoms with Crippen molar-refractivity contribution in [3.63, 3.8) is 0 Å². The topological polar surface area (TPSA) is 84.5 Å². The third-order valence-corrected chi connectivity index (χ3v) is 5.22. The molecule has 2 rings (SSSR count). The Morgan fingerprint density at radius 3 is 2.50 bits per heavy atom. The Balaban J connectivity index is 2.47. The molecule has 0 saturated carbocycles. The Kier molecular flexibility index (Phi) is 5.51. The second-order valence-corrected chi connectivity index (χ2v) is 7.64. The Bertz CT molecular complexity index is 882. The third-order valence-electron chi connectivity index (χ3n) is 3.14. The van der Waals surface area contributed by atoms with Crippen LogP contribution in [0.25, 0.3) is 0 Å². The Morgan fingerprint density at radius 1 is 1.17 bits per heavy atom. The molecule has 24 heavy (non-hydrogen) atoms. The second-order valence-electron chi connectivity index (χ2n) is 5.14. The van der Waals surface area contributed by atoms with E-state index in [9.17, 15) is 13.2 Å². The lowest BCUT2D eigenvalue weighted by Crippen LogP contribution is -2.15. The van der Waals surface area contributed by atoms with Crippen molar-refractivity contribution in [3.8, 4) is 5.75 Å². The zero-order valence-electron chi connectivity index (χ0n) is 13.4. The smallest absolute Gasteiger partial charge is 0.265 e. The zero-order valence-corrected chi connectivity index (χ0v) is 15.8. The van der Waals surface area contributed by atoms with Gasteiger partial charge >= 0.3 is 0 Å². The van der Waals surface area contributed by atoms with Crippen molar-refractivity contribution >= 4 is 43.2 Å². The fourth-order valence-electron chi connectivity index (χ4n) is 2.08. The summed E-state index contributed by atoms with van der Waals surface area (Å²) in [5, 5.41) is 2.56. The van der Waals surface area contributed by atoms with E-state index in [0.29, 0.717) is 15.8 Å². The van der Waals surface area contributed by atoms with Crippen LogP contribution in [0.3, 0.4) is 0 Å². The van der Waals surface area contributed by atoms with Gasteiger partial charge in [0.25, 0.3) is 10.0 Å². The lowest BCUT2D eigenvalue weighted by molar-refractivity contribution is -0.114. The van der Waals surface area contributed by atoms with E-state index in [2.05, 4.69) is 26.0 Å². The first-order chi connectivity index (χ1) is 11.2. The van der Waals surface area contributed by atoms with Crippen LogP contribution in [-0.4, -0.2) is 21.4 Å². The number of hydrogen-bond donors (Lipinski definition) is 2. The molecular weight excluding hydrogens is 396 g/mol. The van der Waals surface area contributed by atoms with Crippen LogP contribution in [-0.2, 0) is 14.8 Å². The number of anilines is 2. The maximum atomic E-state index is 12.8. The van der Waals surface area contributed by atoms with Gasteiger partial charge in [-0.2, -0.15) is 0 Å². The van der Waals surface area contributed by atoms with Gasteiger partial charge in [-0.1, -0.05) is 6.07 Å². The van der Waals surface area contributed by atoms with Gasteiger partial charge in [-0.3, -0.25) is 9.52 Å². The van der Waals surface area contributed by atoms with Gasteiger partial charge in [0, 0.05) is 17.1 Å². The third kappa shape index (κ3) is 4.27. The van der Waals surface area contributed by atoms with Gasteiger partial charge in [-0.25, -0.2) is 8.42 Å². The van der Waals surface area contributed by atoms with Gasteiger partial charge in [0.05, 0.1) is 12.8 Å². The molecule has 0 radical (unpaired) electrons. The van der Waals surface area contributed by atoms with Crippen LogP contribution in [0.1, 0.15) is 12.5 Å². The summed E-state index contributed by atoms with van der Waals surface area (Å²) in [6.45, 7) is 3.21. The van der Waals surface area contributed by atoms with E-state index in [1.54, 1.807) is 18.2 Å². The van der Waals surface area contributed by atoms with Crippen LogP contribution in [0, 0.1) is 6.92 Å². The summed E-state index contributed by atoms with van der Waals surface area (Å²) in [4.78, 5) is 11.1. The Hall–Kier alpha value is -2.06. The van der Waals surface area contributed by atoms with Gasteiger partial charge in [-0.05, 0) is 58.7 Å². The Morgan fingerprint density at radius 2 is 1.88 bits per heavy atom. The number of benzene rings is 2. The largest absolute Gasteiger partial charge is 0.495 e. The average Bonchev–Trinajstić information content (AvgIpc) is 2.50. The van der Waals surface area contributed by atoms with Crippen molar-refractivity contribution in [2.75, 3.05) is 17.1 Å². The highest BCUT2D eigenvalue weighted by atomic mass is 79.9. The van der Waals surface area contributed by atoms with Crippen LogP contribution in [0.4, 0.5) is 11.4 Å². The number of carbonyl (C=O) groups excluding carboxylic acids is 1. The maximum absolute atomic E-state index is 12.8. The van der Waals surface area contributed by atoms with Crippen LogP contribution in [0.15, 0.2) is 45.8 Å². The number of nitrogens with one attached hydrogen (secondary N) is 2. The summed E-state index contributed by atoms with van der Waals surface area (Å²) in [7, 11) is -2.53. The molecule has 1 amide bonds. The van der Waals surface area contributed by atoms with Crippen molar-refractivity contribution in [2.45, 2.75) is 18.7 Å². The van der Waals surface area contributed by atoms with Crippen molar-refractivity contribution in [1.82, 2.24) is 0 Å². The van der Waals surface area contributed by atoms with Crippen LogP contribution in [0.2, 0.25) is 0 Å². The minimum Gasteiger partial charge on any atom is -0.495 e. The highest BCUT2D eigenvalue weighted by Crippen LogP contribution is 2.31. The molecule has 0 saturated heterocycles. The molecule has 6 nitrogen and oxygen atoms in total. The highest BCUT2D eigenvalue weighted by Gasteiger charge is 2.21. The van der Waals surface area contributed by atoms with Gasteiger partial charge in [-0.15, -0.1) is 0 Å². The normalized spacial score (nSPS) is 11.0. The molecule has 128 valence electrons. The lowest BCUT2D eigenvalue weighted by Gasteiger charge is -2.14. The lowest BCUT2D eigenvalue weighted by atomic mass is 10.2. The van der Waals surface area contributed by atoms with Gasteiger partial charge in [0.1, 0.15) is 10.6 Å². The Labute approximate surface area is 149 Å². The summed E-state index contributed by atoms with van der Waals surface area (Å²) in [6, 6.07) is 9.75. The van der Waals surface area contributed by atoms with Crippen molar-refractivity contribution in [1.29, 1.82) is 0 Å². The predicted octanol–water partition coefficient (Wildman–Crippen LogP) is 3.53. The first-order valence-electron chi connectivity index (χ1n) is 6.97. The molecular formula is C16H17BrN2O4S. The maximum Gasteiger partial charge on any atom is 0.265 e. The zero-order chi connectivity index (χ0) is 17.9. The molecule has 0 aliphatic carbocycles. The molecule has 0 bridgehead atoms. The van der Waals surface area contributed by atoms with E-state index in [1.807, 2.05) is 13.0 Å². The number of methoxy groups -OCH3 is 1. The van der Waals surface area contributed by atoms with Crippen LogP contribution >= 0.6 is 15.9 Å². The van der Waals surface area contributed by atoms with Crippen LogP contribution in [0.5, 0.6) is 5.75 Å². The standard InChI is InChI=1S/C16H17BrN2O4S/c1-10-4-6-13(17)14(8-10)19-24(21,22)16-9-12(18-11(2)20)5-7-15(16)23-3/h4-9,19H,1-3H3,(H,18,20). The van der Waals surface area contributed by atoms with E-state index in [-0.39, 0.29) is 16.6 Å². The number of carbonyl (C=O) groups is 1. The van der Waals surface area contributed by atoms with E-state index in [4.69, 9.17) is 4.74 Å². The second kappa shape index (κ2) is 7.23. The quantitative estimate of drug-likeness (QED) is 0.786. The molecule has 0 atom stereocenters. The van der Waals surface area contributed by atoms with Gasteiger partial charge in [0.2, 0.25) is 5.91 Å². The summed E-state index contributed by atoms with van der Waals surface area (Å²) >= 11 is 3.32. The van der Waals surface area contributed by atoms with Crippen molar-refractivity contribution < 1.29 is 17.9 Å². The van der Waals surface area contributed by atoms with E-state index in [1.165, 1.54) is 26.2 Å². The fourth-order valence-corrected chi connectivity index (χ4v) is 3.83. The molecule has 2 aromatic rings. The van der Waals surface area contributed by atoms with Crippen LogP contribution < -0.4 is 14.8 Å². The van der Waals surface area contributed by atoms with Crippen molar-refractivity contribution in [2.24, 2.45) is 0 Å². The first kappa shape index (κ1) is 18.3. The molecule has 0 aliphatic rings. The molecule has 0 aliphatic heterocycles. The number of sulfonamides is 1. The molecule has 2 N–H and O–H groups in total. The first-order valence-corrected chi connectivity index (χ1v) is 9.25. The van der Waals surface area contributed by atoms with Gasteiger partial charge < -0.3 is 10.1 Å².